The van der Waals surface area contributed by atoms with Crippen LogP contribution in [0.4, 0.5) is 5.69 Å². The fourth-order valence-corrected chi connectivity index (χ4v) is 3.38. The summed E-state index contributed by atoms with van der Waals surface area (Å²) in [4.78, 5) is 15.0. The van der Waals surface area contributed by atoms with E-state index < -0.39 is 11.7 Å². The van der Waals surface area contributed by atoms with E-state index in [1.54, 1.807) is 37.3 Å². The van der Waals surface area contributed by atoms with Gasteiger partial charge in [0.2, 0.25) is 0 Å². The molecule has 1 aliphatic heterocycles. The topological polar surface area (TPSA) is 69.4 Å². The van der Waals surface area contributed by atoms with Gasteiger partial charge < -0.3 is 19.3 Å². The summed E-state index contributed by atoms with van der Waals surface area (Å²) in [7, 11) is 0. The highest BCUT2D eigenvalue weighted by atomic mass is 16.5. The van der Waals surface area contributed by atoms with Crippen LogP contribution < -0.4 is 9.47 Å². The Bertz CT molecular complexity index is 902. The maximum absolute atomic E-state index is 11.7. The highest BCUT2D eigenvalue weighted by Crippen LogP contribution is 2.43. The smallest absolute Gasteiger partial charge is 0.305 e. The van der Waals surface area contributed by atoms with Gasteiger partial charge in [0.1, 0.15) is 23.7 Å². The van der Waals surface area contributed by atoms with E-state index in [9.17, 15) is 9.90 Å². The van der Waals surface area contributed by atoms with Crippen LogP contribution in [-0.4, -0.2) is 23.3 Å². The molecule has 0 aliphatic carbocycles. The van der Waals surface area contributed by atoms with Gasteiger partial charge in [0, 0.05) is 18.4 Å². The highest BCUT2D eigenvalue weighted by Gasteiger charge is 2.37. The van der Waals surface area contributed by atoms with E-state index in [2.05, 4.69) is 4.85 Å². The number of hydrogen-bond donors (Lipinski definition) is 1. The monoisotopic (exact) mass is 395 g/mol. The van der Waals surface area contributed by atoms with Crippen molar-refractivity contribution in [3.05, 3.63) is 65.0 Å². The van der Waals surface area contributed by atoms with Gasteiger partial charge in [-0.3, -0.25) is 4.79 Å². The minimum Gasteiger partial charge on any atom is -0.489 e. The largest absolute Gasteiger partial charge is 0.489 e. The molecule has 2 atom stereocenters. The molecule has 152 valence electrons. The van der Waals surface area contributed by atoms with Crippen molar-refractivity contribution < 1.29 is 24.1 Å². The summed E-state index contributed by atoms with van der Waals surface area (Å²) in [6.45, 7) is 11.4. The minimum absolute atomic E-state index is 0.250. The number of fused-ring (bicyclic) bond motifs is 1. The van der Waals surface area contributed by atoms with Crippen molar-refractivity contribution in [2.75, 3.05) is 6.61 Å². The van der Waals surface area contributed by atoms with Crippen molar-refractivity contribution in [1.82, 2.24) is 0 Å². The number of rotatable bonds is 7. The first kappa shape index (κ1) is 20.7. The molecule has 1 N–H and O–H groups in total. The summed E-state index contributed by atoms with van der Waals surface area (Å²) < 4.78 is 16.9. The van der Waals surface area contributed by atoms with Gasteiger partial charge in [-0.05, 0) is 44.0 Å². The lowest BCUT2D eigenvalue weighted by Crippen LogP contribution is -2.38. The predicted molar refractivity (Wildman–Crippen MR) is 108 cm³/mol. The lowest BCUT2D eigenvalue weighted by atomic mass is 9.87. The molecule has 0 amide bonds. The first-order chi connectivity index (χ1) is 13.9. The molecule has 3 rings (SSSR count). The van der Waals surface area contributed by atoms with Crippen LogP contribution in [0.25, 0.3) is 4.85 Å². The van der Waals surface area contributed by atoms with Crippen LogP contribution in [0.1, 0.15) is 50.3 Å². The number of benzene rings is 2. The number of aliphatic hydroxyl groups is 1. The SMILES string of the molecule is [C-]#[N+]c1ccc(COc2ccc3c(c2)C(O)CC(C)(CCC(=O)OCC)O3)cc1. The van der Waals surface area contributed by atoms with E-state index in [1.165, 1.54) is 0 Å². The molecule has 0 bridgehead atoms. The third kappa shape index (κ3) is 5.27. The number of carbonyl (C=O) groups is 1. The molecular formula is C23H25NO5. The summed E-state index contributed by atoms with van der Waals surface area (Å²) in [6, 6.07) is 12.6. The van der Waals surface area contributed by atoms with Gasteiger partial charge in [0.15, 0.2) is 5.69 Å². The molecule has 0 fully saturated rings. The Labute approximate surface area is 170 Å². The van der Waals surface area contributed by atoms with Gasteiger partial charge in [-0.1, -0.05) is 24.3 Å². The lowest BCUT2D eigenvalue weighted by molar-refractivity contribution is -0.144. The molecule has 2 aromatic carbocycles. The summed E-state index contributed by atoms with van der Waals surface area (Å²) >= 11 is 0. The van der Waals surface area contributed by atoms with E-state index >= 15 is 0 Å². The Morgan fingerprint density at radius 3 is 2.76 bits per heavy atom. The number of hydrogen-bond acceptors (Lipinski definition) is 5. The molecule has 0 saturated heterocycles. The van der Waals surface area contributed by atoms with Gasteiger partial charge >= 0.3 is 5.97 Å². The summed E-state index contributed by atoms with van der Waals surface area (Å²) in [6.07, 6.45) is 0.412. The van der Waals surface area contributed by atoms with Crippen LogP contribution in [0.3, 0.4) is 0 Å². The normalized spacial score (nSPS) is 20.1. The molecule has 2 aromatic rings. The minimum atomic E-state index is -0.701. The van der Waals surface area contributed by atoms with Crippen LogP contribution in [-0.2, 0) is 16.1 Å². The number of nitrogens with zero attached hydrogens (tertiary/aromatic N) is 1. The van der Waals surface area contributed by atoms with Crippen molar-refractivity contribution in [3.8, 4) is 11.5 Å². The zero-order valence-electron chi connectivity index (χ0n) is 16.7. The molecule has 1 heterocycles. The van der Waals surface area contributed by atoms with Crippen molar-refractivity contribution >= 4 is 11.7 Å². The third-order valence-electron chi connectivity index (χ3n) is 4.96. The molecule has 6 heteroatoms. The van der Waals surface area contributed by atoms with Crippen LogP contribution in [0.15, 0.2) is 42.5 Å². The molecule has 0 saturated carbocycles. The Morgan fingerprint density at radius 1 is 1.31 bits per heavy atom. The van der Waals surface area contributed by atoms with Crippen LogP contribution in [0.5, 0.6) is 11.5 Å². The molecule has 1 aliphatic rings. The zero-order valence-corrected chi connectivity index (χ0v) is 16.7. The first-order valence-electron chi connectivity index (χ1n) is 9.68. The number of carbonyl (C=O) groups excluding carboxylic acids is 1. The van der Waals surface area contributed by atoms with Crippen LogP contribution >= 0.6 is 0 Å². The van der Waals surface area contributed by atoms with Crippen molar-refractivity contribution in [2.45, 2.75) is 51.4 Å². The number of esters is 1. The molecule has 0 aromatic heterocycles. The van der Waals surface area contributed by atoms with E-state index in [0.717, 1.165) is 5.56 Å². The molecule has 2 unspecified atom stereocenters. The fraction of sp³-hybridized carbons (Fsp3) is 0.391. The van der Waals surface area contributed by atoms with Gasteiger partial charge in [0.25, 0.3) is 0 Å². The standard InChI is InChI=1S/C23H25NO5/c1-4-27-22(26)11-12-23(2)14-20(25)19-13-18(9-10-21(19)29-23)28-15-16-5-7-17(24-3)8-6-16/h5-10,13,20,25H,4,11-12,14-15H2,1-2H3. The van der Waals surface area contributed by atoms with Crippen LogP contribution in [0, 0.1) is 6.57 Å². The zero-order chi connectivity index (χ0) is 20.9. The highest BCUT2D eigenvalue weighted by molar-refractivity contribution is 5.69. The average molecular weight is 395 g/mol. The van der Waals surface area contributed by atoms with E-state index in [-0.39, 0.29) is 12.4 Å². The number of ether oxygens (including phenoxy) is 3. The maximum atomic E-state index is 11.7. The Kier molecular flexibility index (Phi) is 6.40. The van der Waals surface area contributed by atoms with Gasteiger partial charge in [0.05, 0.1) is 19.3 Å². The van der Waals surface area contributed by atoms with E-state index in [4.69, 9.17) is 20.8 Å². The second kappa shape index (κ2) is 8.97. The Morgan fingerprint density at radius 2 is 2.07 bits per heavy atom. The summed E-state index contributed by atoms with van der Waals surface area (Å²) in [5.74, 6) is 0.977. The van der Waals surface area contributed by atoms with Crippen molar-refractivity contribution in [1.29, 1.82) is 0 Å². The lowest BCUT2D eigenvalue weighted by Gasteiger charge is -2.38. The van der Waals surface area contributed by atoms with E-state index in [1.807, 2.05) is 19.1 Å². The third-order valence-corrected chi connectivity index (χ3v) is 4.96. The second-order valence-electron chi connectivity index (χ2n) is 7.34. The average Bonchev–Trinajstić information content (AvgIpc) is 2.72. The Hall–Kier alpha value is -3.04. The molecule has 29 heavy (non-hydrogen) atoms. The van der Waals surface area contributed by atoms with E-state index in [0.29, 0.717) is 48.8 Å². The van der Waals surface area contributed by atoms with Gasteiger partial charge in [-0.2, -0.15) is 0 Å². The van der Waals surface area contributed by atoms with Crippen molar-refractivity contribution in [3.63, 3.8) is 0 Å². The molecule has 0 radical (unpaired) electrons. The van der Waals surface area contributed by atoms with Gasteiger partial charge in [-0.25, -0.2) is 4.85 Å². The Balaban J connectivity index is 1.64. The molecular weight excluding hydrogens is 370 g/mol. The maximum Gasteiger partial charge on any atom is 0.305 e. The predicted octanol–water partition coefficient (Wildman–Crippen LogP) is 4.73. The number of aliphatic hydroxyl groups excluding tert-OH is 1. The summed E-state index contributed by atoms with van der Waals surface area (Å²) in [5, 5.41) is 10.7. The molecule has 6 nitrogen and oxygen atoms in total. The first-order valence-corrected chi connectivity index (χ1v) is 9.68. The summed E-state index contributed by atoms with van der Waals surface area (Å²) in [5.41, 5.74) is 1.60. The van der Waals surface area contributed by atoms with Gasteiger partial charge in [-0.15, -0.1) is 0 Å². The quantitative estimate of drug-likeness (QED) is 0.542. The second-order valence-corrected chi connectivity index (χ2v) is 7.34. The van der Waals surface area contributed by atoms with Crippen molar-refractivity contribution in [2.24, 2.45) is 0 Å². The van der Waals surface area contributed by atoms with Crippen LogP contribution in [0.2, 0.25) is 0 Å². The fourth-order valence-electron chi connectivity index (χ4n) is 3.38. The molecule has 0 spiro atoms.